The Kier molecular flexibility index (Phi) is 4.64. The molecule has 0 aliphatic carbocycles. The van der Waals surface area contributed by atoms with Gasteiger partial charge >= 0.3 is 0 Å². The van der Waals surface area contributed by atoms with Gasteiger partial charge in [0.15, 0.2) is 0 Å². The monoisotopic (exact) mass is 317 g/mol. The lowest BCUT2D eigenvalue weighted by molar-refractivity contribution is 0.117. The van der Waals surface area contributed by atoms with E-state index in [9.17, 15) is 0 Å². The van der Waals surface area contributed by atoms with Gasteiger partial charge in [0.05, 0.1) is 12.7 Å². The van der Waals surface area contributed by atoms with Crippen LogP contribution < -0.4 is 5.32 Å². The molecule has 3 unspecified atom stereocenters. The summed E-state index contributed by atoms with van der Waals surface area (Å²) in [4.78, 5) is 2.79. The molecule has 0 radical (unpaired) electrons. The molecule has 0 aromatic carbocycles. The van der Waals surface area contributed by atoms with E-state index in [0.29, 0.717) is 18.1 Å². The van der Waals surface area contributed by atoms with E-state index in [1.807, 2.05) is 11.3 Å². The summed E-state index contributed by atoms with van der Waals surface area (Å²) >= 11 is 5.57. The first-order chi connectivity index (χ1) is 8.11. The van der Waals surface area contributed by atoms with Crippen LogP contribution in [0, 0.1) is 12.8 Å². The highest BCUT2D eigenvalue weighted by molar-refractivity contribution is 9.10. The third-order valence-electron chi connectivity index (χ3n) is 3.24. The van der Waals surface area contributed by atoms with E-state index in [2.05, 4.69) is 48.1 Å². The van der Waals surface area contributed by atoms with Crippen molar-refractivity contribution in [1.29, 1.82) is 0 Å². The zero-order valence-electron chi connectivity index (χ0n) is 10.6. The van der Waals surface area contributed by atoms with Gasteiger partial charge in [-0.25, -0.2) is 0 Å². The number of hydrogen-bond donors (Lipinski definition) is 1. The second-order valence-electron chi connectivity index (χ2n) is 4.74. The molecular weight excluding hydrogens is 298 g/mol. The highest BCUT2D eigenvalue weighted by Gasteiger charge is 2.32. The Balaban J connectivity index is 2.19. The average molecular weight is 318 g/mol. The minimum atomic E-state index is 0.404. The summed E-state index contributed by atoms with van der Waals surface area (Å²) in [7, 11) is 0. The number of rotatable bonds is 4. The van der Waals surface area contributed by atoms with Crippen LogP contribution >= 0.6 is 27.3 Å². The Morgan fingerprint density at radius 1 is 1.65 bits per heavy atom. The van der Waals surface area contributed by atoms with Crippen molar-refractivity contribution in [2.24, 2.45) is 5.92 Å². The Hall–Kier alpha value is 0.1000. The molecule has 2 rings (SSSR count). The maximum atomic E-state index is 5.71. The normalized spacial score (nSPS) is 26.4. The molecule has 3 atom stereocenters. The molecule has 1 N–H and O–H groups in total. The van der Waals surface area contributed by atoms with Gasteiger partial charge in [-0.05, 0) is 48.8 Å². The maximum absolute atomic E-state index is 5.71. The van der Waals surface area contributed by atoms with E-state index in [4.69, 9.17) is 4.74 Å². The summed E-state index contributed by atoms with van der Waals surface area (Å²) in [5.41, 5.74) is 0. The molecule has 1 aliphatic rings. The Morgan fingerprint density at radius 2 is 2.41 bits per heavy atom. The second-order valence-corrected chi connectivity index (χ2v) is 6.89. The second kappa shape index (κ2) is 5.83. The average Bonchev–Trinajstić information content (AvgIpc) is 2.82. The topological polar surface area (TPSA) is 21.3 Å². The van der Waals surface area contributed by atoms with Gasteiger partial charge in [-0.15, -0.1) is 11.3 Å². The third-order valence-corrected chi connectivity index (χ3v) is 5.30. The van der Waals surface area contributed by atoms with Crippen LogP contribution in [0.2, 0.25) is 0 Å². The lowest BCUT2D eigenvalue weighted by Crippen LogP contribution is -2.28. The quantitative estimate of drug-likeness (QED) is 0.909. The van der Waals surface area contributed by atoms with Gasteiger partial charge < -0.3 is 10.1 Å². The van der Waals surface area contributed by atoms with Gasteiger partial charge in [0.25, 0.3) is 0 Å². The summed E-state index contributed by atoms with van der Waals surface area (Å²) in [6.07, 6.45) is 1.56. The molecule has 1 aromatic rings. The lowest BCUT2D eigenvalue weighted by Gasteiger charge is -2.22. The number of ether oxygens (including phenoxy) is 1. The molecule has 1 fully saturated rings. The van der Waals surface area contributed by atoms with Crippen LogP contribution in [0.25, 0.3) is 0 Å². The van der Waals surface area contributed by atoms with Crippen molar-refractivity contribution in [1.82, 2.24) is 5.32 Å². The van der Waals surface area contributed by atoms with Crippen molar-refractivity contribution in [3.63, 3.8) is 0 Å². The first-order valence-corrected chi connectivity index (χ1v) is 7.83. The third kappa shape index (κ3) is 3.11. The van der Waals surface area contributed by atoms with Crippen LogP contribution in [0.15, 0.2) is 10.5 Å². The first-order valence-electron chi connectivity index (χ1n) is 6.22. The summed E-state index contributed by atoms with van der Waals surface area (Å²) in [5, 5.41) is 3.62. The fourth-order valence-electron chi connectivity index (χ4n) is 2.49. The zero-order chi connectivity index (χ0) is 12.4. The Labute approximate surface area is 116 Å². The minimum absolute atomic E-state index is 0.404. The van der Waals surface area contributed by atoms with Crippen molar-refractivity contribution in [3.8, 4) is 0 Å². The van der Waals surface area contributed by atoms with E-state index >= 15 is 0 Å². The lowest BCUT2D eigenvalue weighted by atomic mass is 9.95. The van der Waals surface area contributed by atoms with Gasteiger partial charge in [0.2, 0.25) is 0 Å². The van der Waals surface area contributed by atoms with E-state index in [0.717, 1.165) is 19.6 Å². The van der Waals surface area contributed by atoms with Gasteiger partial charge in [-0.1, -0.05) is 6.92 Å². The molecule has 0 bridgehead atoms. The van der Waals surface area contributed by atoms with Crippen molar-refractivity contribution in [3.05, 3.63) is 20.3 Å². The van der Waals surface area contributed by atoms with Crippen molar-refractivity contribution in [2.45, 2.75) is 39.3 Å². The fraction of sp³-hybridized carbons (Fsp3) is 0.692. The number of thiophene rings is 1. The molecule has 96 valence electrons. The van der Waals surface area contributed by atoms with E-state index in [1.165, 1.54) is 14.2 Å². The highest BCUT2D eigenvalue weighted by Crippen LogP contribution is 2.39. The summed E-state index contributed by atoms with van der Waals surface area (Å²) in [5.74, 6) is 0.597. The first kappa shape index (κ1) is 13.5. The van der Waals surface area contributed by atoms with Gasteiger partial charge in [0.1, 0.15) is 0 Å². The van der Waals surface area contributed by atoms with Gasteiger partial charge in [-0.3, -0.25) is 0 Å². The van der Waals surface area contributed by atoms with Crippen LogP contribution in [0.3, 0.4) is 0 Å². The summed E-state index contributed by atoms with van der Waals surface area (Å²) in [6, 6.07) is 2.64. The molecule has 2 heterocycles. The van der Waals surface area contributed by atoms with Crippen molar-refractivity contribution in [2.75, 3.05) is 13.2 Å². The molecule has 1 saturated heterocycles. The van der Waals surface area contributed by atoms with Crippen molar-refractivity contribution >= 4 is 27.3 Å². The van der Waals surface area contributed by atoms with Gasteiger partial charge in [-0.2, -0.15) is 0 Å². The predicted molar refractivity (Wildman–Crippen MR) is 76.7 cm³/mol. The van der Waals surface area contributed by atoms with E-state index in [1.54, 1.807) is 0 Å². The van der Waals surface area contributed by atoms with Crippen molar-refractivity contribution < 1.29 is 4.74 Å². The molecule has 4 heteroatoms. The van der Waals surface area contributed by atoms with Crippen LogP contribution in [0.4, 0.5) is 0 Å². The molecular formula is C13H20BrNOS. The highest BCUT2D eigenvalue weighted by atomic mass is 79.9. The minimum Gasteiger partial charge on any atom is -0.378 e. The number of halogens is 1. The zero-order valence-corrected chi connectivity index (χ0v) is 13.0. The summed E-state index contributed by atoms with van der Waals surface area (Å²) in [6.45, 7) is 8.37. The van der Waals surface area contributed by atoms with Crippen LogP contribution in [0.5, 0.6) is 0 Å². The van der Waals surface area contributed by atoms with E-state index < -0.39 is 0 Å². The molecule has 0 amide bonds. The number of nitrogens with one attached hydrogen (secondary N) is 1. The Bertz CT molecular complexity index is 379. The molecule has 1 aliphatic heterocycles. The maximum Gasteiger partial charge on any atom is 0.0551 e. The number of aryl methyl sites for hydroxylation is 1. The van der Waals surface area contributed by atoms with Gasteiger partial charge in [0, 0.05) is 26.2 Å². The van der Waals surface area contributed by atoms with E-state index in [-0.39, 0.29) is 0 Å². The largest absolute Gasteiger partial charge is 0.378 e. The Morgan fingerprint density at radius 3 is 2.88 bits per heavy atom. The molecule has 0 saturated carbocycles. The van der Waals surface area contributed by atoms with Crippen LogP contribution in [-0.4, -0.2) is 19.3 Å². The predicted octanol–water partition coefficient (Wildman–Crippen LogP) is 3.89. The number of hydrogen-bond acceptors (Lipinski definition) is 3. The van der Waals surface area contributed by atoms with Crippen LogP contribution in [0.1, 0.15) is 36.1 Å². The standard InChI is InChI=1S/C13H20BrNOS/c1-4-15-12(10-5-8(2)16-7-10)13-11(14)6-9(3)17-13/h6,8,10,12,15H,4-5,7H2,1-3H3. The molecule has 1 aromatic heterocycles. The SMILES string of the molecule is CCNC(c1sc(C)cc1Br)C1COC(C)C1. The summed E-state index contributed by atoms with van der Waals surface area (Å²) < 4.78 is 6.95. The smallest absolute Gasteiger partial charge is 0.0551 e. The van der Waals surface area contributed by atoms with Crippen LogP contribution in [-0.2, 0) is 4.74 Å². The fourth-order valence-corrected chi connectivity index (χ4v) is 4.56. The molecule has 2 nitrogen and oxygen atoms in total. The molecule has 17 heavy (non-hydrogen) atoms. The molecule has 0 spiro atoms.